The van der Waals surface area contributed by atoms with Gasteiger partial charge in [0.2, 0.25) is 0 Å². The summed E-state index contributed by atoms with van der Waals surface area (Å²) in [5, 5.41) is 2.54. The fourth-order valence-electron chi connectivity index (χ4n) is 1.66. The molecule has 0 saturated heterocycles. The lowest BCUT2D eigenvalue weighted by Gasteiger charge is -2.17. The van der Waals surface area contributed by atoms with Crippen LogP contribution in [0.15, 0.2) is 12.1 Å². The first kappa shape index (κ1) is 15.5. The third-order valence-corrected chi connectivity index (χ3v) is 2.95. The van der Waals surface area contributed by atoms with Crippen LogP contribution in [0.4, 0.5) is 8.78 Å². The van der Waals surface area contributed by atoms with Crippen molar-refractivity contribution in [1.82, 2.24) is 5.32 Å². The molecule has 1 amide bonds. The summed E-state index contributed by atoms with van der Waals surface area (Å²) >= 11 is 4.76. The third-order valence-electron chi connectivity index (χ3n) is 2.79. The van der Waals surface area contributed by atoms with E-state index in [0.29, 0.717) is 12.8 Å². The largest absolute Gasteiger partial charge is 0.393 e. The maximum atomic E-state index is 13.8. The monoisotopic (exact) mass is 286 g/mol. The van der Waals surface area contributed by atoms with Gasteiger partial charge in [-0.1, -0.05) is 25.2 Å². The molecule has 104 valence electrons. The number of aryl methyl sites for hydroxylation is 1. The molecular formula is C13H16F2N2OS. The molecule has 1 atom stereocenters. The van der Waals surface area contributed by atoms with Crippen molar-refractivity contribution < 1.29 is 13.6 Å². The van der Waals surface area contributed by atoms with E-state index in [9.17, 15) is 13.6 Å². The highest BCUT2D eigenvalue weighted by Gasteiger charge is 2.21. The molecule has 3 N–H and O–H groups in total. The van der Waals surface area contributed by atoms with E-state index in [1.54, 1.807) is 0 Å². The molecule has 1 unspecified atom stereocenters. The zero-order chi connectivity index (χ0) is 14.6. The Morgan fingerprint density at radius 2 is 2.11 bits per heavy atom. The average molecular weight is 286 g/mol. The number of thiocarbonyl (C=S) groups is 1. The van der Waals surface area contributed by atoms with Gasteiger partial charge >= 0.3 is 0 Å². The minimum atomic E-state index is -0.884. The molecule has 0 saturated carbocycles. The number of amides is 1. The van der Waals surface area contributed by atoms with Crippen LogP contribution in [0.25, 0.3) is 0 Å². The molecule has 0 spiro atoms. The van der Waals surface area contributed by atoms with Crippen LogP contribution in [0.2, 0.25) is 0 Å². The summed E-state index contributed by atoms with van der Waals surface area (Å²) in [4.78, 5) is 12.2. The Labute approximate surface area is 116 Å². The number of carbonyl (C=O) groups excluding carboxylic acids is 1. The number of nitrogens with two attached hydrogens (primary N) is 1. The normalized spacial score (nSPS) is 12.0. The molecule has 0 aliphatic heterocycles. The van der Waals surface area contributed by atoms with Crippen LogP contribution in [0, 0.1) is 18.6 Å². The number of benzene rings is 1. The Kier molecular flexibility index (Phi) is 5.35. The molecule has 0 heterocycles. The van der Waals surface area contributed by atoms with Crippen molar-refractivity contribution >= 4 is 23.1 Å². The van der Waals surface area contributed by atoms with Crippen LogP contribution in [0.1, 0.15) is 35.7 Å². The minimum absolute atomic E-state index is 0.217. The molecule has 0 aliphatic rings. The Morgan fingerprint density at radius 1 is 1.47 bits per heavy atom. The first-order chi connectivity index (χ1) is 8.86. The van der Waals surface area contributed by atoms with Crippen molar-refractivity contribution in [3.05, 3.63) is 34.9 Å². The van der Waals surface area contributed by atoms with Gasteiger partial charge in [-0.2, -0.15) is 0 Å². The molecule has 0 aromatic heterocycles. The van der Waals surface area contributed by atoms with E-state index in [-0.39, 0.29) is 16.6 Å². The van der Waals surface area contributed by atoms with E-state index in [0.717, 1.165) is 6.07 Å². The number of rotatable bonds is 5. The van der Waals surface area contributed by atoms with Crippen molar-refractivity contribution in [1.29, 1.82) is 0 Å². The van der Waals surface area contributed by atoms with Gasteiger partial charge in [0.15, 0.2) is 0 Å². The molecule has 6 heteroatoms. The van der Waals surface area contributed by atoms with Crippen LogP contribution < -0.4 is 11.1 Å². The summed E-state index contributed by atoms with van der Waals surface area (Å²) in [6.07, 6.45) is 0.866. The van der Waals surface area contributed by atoms with Gasteiger partial charge < -0.3 is 11.1 Å². The first-order valence-corrected chi connectivity index (χ1v) is 6.31. The Morgan fingerprint density at radius 3 is 2.63 bits per heavy atom. The van der Waals surface area contributed by atoms with E-state index in [1.165, 1.54) is 13.0 Å². The molecule has 1 aromatic rings. The van der Waals surface area contributed by atoms with Gasteiger partial charge in [0.25, 0.3) is 5.91 Å². The van der Waals surface area contributed by atoms with E-state index in [2.05, 4.69) is 5.32 Å². The predicted octanol–water partition coefficient (Wildman–Crippen LogP) is 2.46. The Balaban J connectivity index is 2.95. The summed E-state index contributed by atoms with van der Waals surface area (Å²) in [7, 11) is 0. The van der Waals surface area contributed by atoms with Crippen molar-refractivity contribution in [2.45, 2.75) is 32.7 Å². The SMILES string of the molecule is CCC(CC(N)=S)NC(=O)c1c(F)ccc(C)c1F. The van der Waals surface area contributed by atoms with Gasteiger partial charge in [-0.3, -0.25) is 4.79 Å². The minimum Gasteiger partial charge on any atom is -0.393 e. The third kappa shape index (κ3) is 3.96. The van der Waals surface area contributed by atoms with Crippen LogP contribution in [0.5, 0.6) is 0 Å². The van der Waals surface area contributed by atoms with Gasteiger partial charge in [-0.05, 0) is 25.0 Å². The number of hydrogen-bond acceptors (Lipinski definition) is 2. The highest BCUT2D eigenvalue weighted by atomic mass is 32.1. The van der Waals surface area contributed by atoms with Crippen molar-refractivity contribution in [2.24, 2.45) is 5.73 Å². The molecule has 3 nitrogen and oxygen atoms in total. The summed E-state index contributed by atoms with van der Waals surface area (Å²) in [5.41, 5.74) is 5.05. The van der Waals surface area contributed by atoms with E-state index < -0.39 is 23.1 Å². The molecule has 0 bridgehead atoms. The Bertz CT molecular complexity index is 506. The Hall–Kier alpha value is -1.56. The van der Waals surface area contributed by atoms with E-state index >= 15 is 0 Å². The highest BCUT2D eigenvalue weighted by Crippen LogP contribution is 2.16. The summed E-state index contributed by atoms with van der Waals surface area (Å²) in [6.45, 7) is 3.30. The first-order valence-electron chi connectivity index (χ1n) is 5.90. The molecule has 1 aromatic carbocycles. The lowest BCUT2D eigenvalue weighted by Crippen LogP contribution is -2.38. The van der Waals surface area contributed by atoms with Gasteiger partial charge in [0, 0.05) is 12.5 Å². The highest BCUT2D eigenvalue weighted by molar-refractivity contribution is 7.80. The van der Waals surface area contributed by atoms with Crippen molar-refractivity contribution in [2.75, 3.05) is 0 Å². The molecule has 1 rings (SSSR count). The second-order valence-electron chi connectivity index (χ2n) is 4.30. The molecule has 0 fully saturated rings. The zero-order valence-electron chi connectivity index (χ0n) is 10.8. The average Bonchev–Trinajstić information content (AvgIpc) is 2.33. The lowest BCUT2D eigenvalue weighted by molar-refractivity contribution is 0.0928. The predicted molar refractivity (Wildman–Crippen MR) is 74.0 cm³/mol. The standard InChI is InChI=1S/C13H16F2N2OS/c1-3-8(6-10(16)19)17-13(18)11-9(14)5-4-7(2)12(11)15/h4-5,8H,3,6H2,1-2H3,(H2,16,19)(H,17,18). The number of halogens is 2. The molecule has 19 heavy (non-hydrogen) atoms. The zero-order valence-corrected chi connectivity index (χ0v) is 11.6. The number of hydrogen-bond donors (Lipinski definition) is 2. The smallest absolute Gasteiger partial charge is 0.257 e. The second-order valence-corrected chi connectivity index (χ2v) is 4.83. The lowest BCUT2D eigenvalue weighted by atomic mass is 10.1. The molecular weight excluding hydrogens is 270 g/mol. The van der Waals surface area contributed by atoms with Crippen LogP contribution >= 0.6 is 12.2 Å². The van der Waals surface area contributed by atoms with Crippen molar-refractivity contribution in [3.8, 4) is 0 Å². The summed E-state index contributed by atoms with van der Waals surface area (Å²) < 4.78 is 27.3. The second kappa shape index (κ2) is 6.56. The van der Waals surface area contributed by atoms with Gasteiger partial charge in [-0.15, -0.1) is 0 Å². The van der Waals surface area contributed by atoms with E-state index in [4.69, 9.17) is 18.0 Å². The van der Waals surface area contributed by atoms with Crippen LogP contribution in [-0.4, -0.2) is 16.9 Å². The van der Waals surface area contributed by atoms with Crippen molar-refractivity contribution in [3.63, 3.8) is 0 Å². The van der Waals surface area contributed by atoms with Crippen LogP contribution in [-0.2, 0) is 0 Å². The number of carbonyl (C=O) groups is 1. The van der Waals surface area contributed by atoms with Crippen LogP contribution in [0.3, 0.4) is 0 Å². The molecule has 0 aliphatic carbocycles. The topological polar surface area (TPSA) is 55.1 Å². The molecule has 0 radical (unpaired) electrons. The maximum Gasteiger partial charge on any atom is 0.257 e. The van der Waals surface area contributed by atoms with Gasteiger partial charge in [0.05, 0.1) is 4.99 Å². The van der Waals surface area contributed by atoms with E-state index in [1.807, 2.05) is 6.92 Å². The quantitative estimate of drug-likeness (QED) is 0.818. The van der Waals surface area contributed by atoms with Gasteiger partial charge in [-0.25, -0.2) is 8.78 Å². The summed E-state index contributed by atoms with van der Waals surface area (Å²) in [5.74, 6) is -2.52. The number of nitrogens with one attached hydrogen (secondary N) is 1. The fourth-order valence-corrected chi connectivity index (χ4v) is 1.86. The fraction of sp³-hybridized carbons (Fsp3) is 0.385. The summed E-state index contributed by atoms with van der Waals surface area (Å²) in [6, 6.07) is 2.03. The van der Waals surface area contributed by atoms with Gasteiger partial charge in [0.1, 0.15) is 17.2 Å². The maximum absolute atomic E-state index is 13.8.